The molecule has 0 radical (unpaired) electrons. The topological polar surface area (TPSA) is 87.8 Å². The third-order valence-electron chi connectivity index (χ3n) is 5.52. The molecule has 160 valence electrons. The van der Waals surface area contributed by atoms with Crippen LogP contribution in [0.4, 0.5) is 17.1 Å². The minimum Gasteiger partial charge on any atom is -0.339 e. The molecule has 0 aromatic heterocycles. The fourth-order valence-corrected chi connectivity index (χ4v) is 4.76. The average Bonchev–Trinajstić information content (AvgIpc) is 3.12. The van der Waals surface area contributed by atoms with Gasteiger partial charge in [-0.15, -0.1) is 0 Å². The Morgan fingerprint density at radius 1 is 1.16 bits per heavy atom. The largest absolute Gasteiger partial charge is 0.339 e. The SMILES string of the molecule is CN(c1ccccc1)c1ccc(C=C2SC(=NC3CCCCC3)NC2=O)cc1[N+](=O)[O-]. The number of benzene rings is 2. The summed E-state index contributed by atoms with van der Waals surface area (Å²) in [6.45, 7) is 0. The summed E-state index contributed by atoms with van der Waals surface area (Å²) in [6.07, 6.45) is 7.40. The number of nitrogens with zero attached hydrogens (tertiary/aromatic N) is 3. The molecule has 1 amide bonds. The number of amides is 1. The molecule has 31 heavy (non-hydrogen) atoms. The van der Waals surface area contributed by atoms with Crippen molar-refractivity contribution in [2.75, 3.05) is 11.9 Å². The molecule has 4 rings (SSSR count). The molecule has 1 heterocycles. The van der Waals surface area contributed by atoms with E-state index in [1.807, 2.05) is 30.3 Å². The summed E-state index contributed by atoms with van der Waals surface area (Å²) >= 11 is 1.30. The van der Waals surface area contributed by atoms with Crippen molar-refractivity contribution >= 4 is 46.0 Å². The first-order chi connectivity index (χ1) is 15.0. The molecular weight excluding hydrogens is 412 g/mol. The number of hydrogen-bond donors (Lipinski definition) is 1. The molecule has 0 spiro atoms. The number of thioether (sulfide) groups is 1. The summed E-state index contributed by atoms with van der Waals surface area (Å²) in [5.41, 5.74) is 1.93. The summed E-state index contributed by atoms with van der Waals surface area (Å²) in [5.74, 6) is -0.215. The van der Waals surface area contributed by atoms with Crippen LogP contribution in [0, 0.1) is 10.1 Å². The fourth-order valence-electron chi connectivity index (χ4n) is 3.87. The van der Waals surface area contributed by atoms with Crippen LogP contribution in [-0.4, -0.2) is 29.1 Å². The number of para-hydroxylation sites is 1. The van der Waals surface area contributed by atoms with Gasteiger partial charge >= 0.3 is 0 Å². The van der Waals surface area contributed by atoms with Gasteiger partial charge in [0.05, 0.1) is 15.9 Å². The summed E-state index contributed by atoms with van der Waals surface area (Å²) in [6, 6.07) is 14.7. The number of carbonyl (C=O) groups is 1. The van der Waals surface area contributed by atoms with E-state index in [-0.39, 0.29) is 17.6 Å². The molecule has 2 fully saturated rings. The smallest absolute Gasteiger partial charge is 0.293 e. The lowest BCUT2D eigenvalue weighted by Crippen LogP contribution is -2.22. The number of nitrogens with one attached hydrogen (secondary N) is 1. The van der Waals surface area contributed by atoms with Crippen molar-refractivity contribution in [2.45, 2.75) is 38.1 Å². The van der Waals surface area contributed by atoms with Gasteiger partial charge in [-0.3, -0.25) is 19.9 Å². The molecule has 1 aliphatic carbocycles. The van der Waals surface area contributed by atoms with Crippen LogP contribution >= 0.6 is 11.8 Å². The molecule has 1 N–H and O–H groups in total. The van der Waals surface area contributed by atoms with Crippen LogP contribution in [0.25, 0.3) is 6.08 Å². The monoisotopic (exact) mass is 436 g/mol. The van der Waals surface area contributed by atoms with Crippen molar-refractivity contribution < 1.29 is 9.72 Å². The van der Waals surface area contributed by atoms with Gasteiger partial charge in [-0.05, 0) is 54.4 Å². The molecule has 2 aromatic rings. The highest BCUT2D eigenvalue weighted by atomic mass is 32.2. The van der Waals surface area contributed by atoms with Crippen LogP contribution in [0.3, 0.4) is 0 Å². The average molecular weight is 437 g/mol. The first-order valence-electron chi connectivity index (χ1n) is 10.4. The van der Waals surface area contributed by atoms with Crippen LogP contribution in [0.5, 0.6) is 0 Å². The molecule has 2 aromatic carbocycles. The van der Waals surface area contributed by atoms with E-state index in [2.05, 4.69) is 10.3 Å². The van der Waals surface area contributed by atoms with E-state index in [0.29, 0.717) is 21.3 Å². The Morgan fingerprint density at radius 3 is 2.61 bits per heavy atom. The van der Waals surface area contributed by atoms with Gasteiger partial charge in [0.25, 0.3) is 11.6 Å². The van der Waals surface area contributed by atoms with E-state index in [4.69, 9.17) is 0 Å². The predicted octanol–water partition coefficient (Wildman–Crippen LogP) is 5.26. The predicted molar refractivity (Wildman–Crippen MR) is 126 cm³/mol. The fraction of sp³-hybridized carbons (Fsp3) is 0.304. The van der Waals surface area contributed by atoms with E-state index in [1.165, 1.54) is 37.1 Å². The Balaban J connectivity index is 1.58. The third kappa shape index (κ3) is 4.96. The van der Waals surface area contributed by atoms with Gasteiger partial charge in [-0.1, -0.05) is 43.5 Å². The molecule has 7 nitrogen and oxygen atoms in total. The number of carbonyl (C=O) groups excluding carboxylic acids is 1. The Kier molecular flexibility index (Phi) is 6.36. The lowest BCUT2D eigenvalue weighted by Gasteiger charge is -2.19. The van der Waals surface area contributed by atoms with Crippen molar-refractivity contribution in [3.05, 3.63) is 69.1 Å². The maximum atomic E-state index is 12.4. The molecule has 8 heteroatoms. The zero-order valence-electron chi connectivity index (χ0n) is 17.3. The second-order valence-electron chi connectivity index (χ2n) is 7.69. The minimum atomic E-state index is -0.394. The van der Waals surface area contributed by atoms with Gasteiger partial charge in [0, 0.05) is 18.8 Å². The number of amidine groups is 1. The van der Waals surface area contributed by atoms with E-state index in [0.717, 1.165) is 18.5 Å². The highest BCUT2D eigenvalue weighted by Gasteiger charge is 2.26. The first-order valence-corrected chi connectivity index (χ1v) is 11.2. The Bertz CT molecular complexity index is 1050. The van der Waals surface area contributed by atoms with Crippen molar-refractivity contribution in [1.82, 2.24) is 5.32 Å². The lowest BCUT2D eigenvalue weighted by molar-refractivity contribution is -0.384. The molecule has 1 saturated carbocycles. The Labute approximate surface area is 185 Å². The minimum absolute atomic E-state index is 0.0137. The van der Waals surface area contributed by atoms with E-state index in [1.54, 1.807) is 30.2 Å². The highest BCUT2D eigenvalue weighted by Crippen LogP contribution is 2.35. The summed E-state index contributed by atoms with van der Waals surface area (Å²) in [7, 11) is 1.80. The molecular formula is C23H24N4O3S. The maximum Gasteiger partial charge on any atom is 0.293 e. The standard InChI is InChI=1S/C23H24N4O3S/c1-26(18-10-6-3-7-11-18)19-13-12-16(14-20(19)27(29)30)15-21-22(28)25-23(31-21)24-17-8-4-2-5-9-17/h3,6-7,10-15,17H,2,4-5,8-9H2,1H3,(H,24,25,28). The van der Waals surface area contributed by atoms with Gasteiger partial charge in [-0.2, -0.15) is 0 Å². The van der Waals surface area contributed by atoms with E-state index < -0.39 is 4.92 Å². The van der Waals surface area contributed by atoms with Gasteiger partial charge in [0.1, 0.15) is 5.69 Å². The van der Waals surface area contributed by atoms with Crippen molar-refractivity contribution in [1.29, 1.82) is 0 Å². The maximum absolute atomic E-state index is 12.4. The second-order valence-corrected chi connectivity index (χ2v) is 8.72. The molecule has 1 aliphatic heterocycles. The van der Waals surface area contributed by atoms with Crippen LogP contribution in [-0.2, 0) is 4.79 Å². The van der Waals surface area contributed by atoms with Gasteiger partial charge in [0.15, 0.2) is 5.17 Å². The van der Waals surface area contributed by atoms with Crippen LogP contribution in [0.15, 0.2) is 58.4 Å². The number of rotatable bonds is 5. The van der Waals surface area contributed by atoms with Crippen molar-refractivity contribution in [3.8, 4) is 0 Å². The van der Waals surface area contributed by atoms with Crippen LogP contribution < -0.4 is 10.2 Å². The summed E-state index contributed by atoms with van der Waals surface area (Å²) in [4.78, 5) is 30.7. The number of hydrogen-bond acceptors (Lipinski definition) is 6. The molecule has 2 aliphatic rings. The Hall–Kier alpha value is -3.13. The molecule has 0 unspecified atom stereocenters. The number of anilines is 2. The highest BCUT2D eigenvalue weighted by molar-refractivity contribution is 8.18. The lowest BCUT2D eigenvalue weighted by atomic mass is 9.96. The third-order valence-corrected chi connectivity index (χ3v) is 6.45. The molecule has 1 saturated heterocycles. The normalized spacial score (nSPS) is 19.6. The Morgan fingerprint density at radius 2 is 1.90 bits per heavy atom. The second kappa shape index (κ2) is 9.34. The molecule has 0 atom stereocenters. The number of nitro groups is 1. The van der Waals surface area contributed by atoms with Gasteiger partial charge in [-0.25, -0.2) is 0 Å². The van der Waals surface area contributed by atoms with Crippen molar-refractivity contribution in [2.24, 2.45) is 4.99 Å². The van der Waals surface area contributed by atoms with Gasteiger partial charge < -0.3 is 10.2 Å². The first kappa shape index (κ1) is 21.1. The summed E-state index contributed by atoms with van der Waals surface area (Å²) < 4.78 is 0. The number of nitro benzene ring substituents is 1. The van der Waals surface area contributed by atoms with Crippen LogP contribution in [0.1, 0.15) is 37.7 Å². The molecule has 0 bridgehead atoms. The summed E-state index contributed by atoms with van der Waals surface area (Å²) in [5, 5.41) is 15.2. The van der Waals surface area contributed by atoms with E-state index >= 15 is 0 Å². The quantitative estimate of drug-likeness (QED) is 0.393. The zero-order chi connectivity index (χ0) is 21.8. The number of aliphatic imine (C=N–C) groups is 1. The van der Waals surface area contributed by atoms with Gasteiger partial charge in [0.2, 0.25) is 0 Å². The zero-order valence-corrected chi connectivity index (χ0v) is 18.1. The van der Waals surface area contributed by atoms with E-state index in [9.17, 15) is 14.9 Å². The van der Waals surface area contributed by atoms with Crippen molar-refractivity contribution in [3.63, 3.8) is 0 Å². The van der Waals surface area contributed by atoms with Crippen LogP contribution in [0.2, 0.25) is 0 Å².